The highest BCUT2D eigenvalue weighted by atomic mass is 16.5. The highest BCUT2D eigenvalue weighted by Gasteiger charge is 2.54. The minimum Gasteiger partial charge on any atom is -0.497 e. The Morgan fingerprint density at radius 3 is 2.71 bits per heavy atom. The number of methoxy groups -OCH3 is 1. The molecule has 1 aromatic carbocycles. The number of likely N-dealkylation sites (tertiary alicyclic amines) is 1. The Morgan fingerprint density at radius 1 is 1.19 bits per heavy atom. The van der Waals surface area contributed by atoms with Gasteiger partial charge in [0.2, 0.25) is 11.8 Å². The first-order valence-corrected chi connectivity index (χ1v) is 11.6. The molecule has 3 aliphatic rings. The van der Waals surface area contributed by atoms with Crippen LogP contribution in [-0.2, 0) is 21.4 Å². The first kappa shape index (κ1) is 20.5. The van der Waals surface area contributed by atoms with Crippen LogP contribution in [0.2, 0.25) is 0 Å². The van der Waals surface area contributed by atoms with E-state index < -0.39 is 5.41 Å². The van der Waals surface area contributed by atoms with Crippen molar-refractivity contribution in [2.45, 2.75) is 62.8 Å². The van der Waals surface area contributed by atoms with Gasteiger partial charge in [-0.15, -0.1) is 0 Å². The van der Waals surface area contributed by atoms with E-state index in [0.717, 1.165) is 62.5 Å². The molecule has 5 rings (SSSR count). The normalized spacial score (nSPS) is 22.4. The van der Waals surface area contributed by atoms with Crippen LogP contribution < -0.4 is 4.74 Å². The Hall–Kier alpha value is -2.41. The maximum atomic E-state index is 13.7. The fourth-order valence-corrected chi connectivity index (χ4v) is 4.57. The zero-order chi connectivity index (χ0) is 21.3. The molecule has 2 heterocycles. The summed E-state index contributed by atoms with van der Waals surface area (Å²) in [4.78, 5) is 20.3. The summed E-state index contributed by atoms with van der Waals surface area (Å²) < 4.78 is 16.6. The van der Waals surface area contributed by atoms with Crippen LogP contribution in [0.1, 0.15) is 68.3 Å². The Kier molecular flexibility index (Phi) is 5.69. The lowest BCUT2D eigenvalue weighted by Gasteiger charge is -2.36. The molecule has 0 N–H and O–H groups in total. The lowest BCUT2D eigenvalue weighted by Crippen LogP contribution is -2.44. The van der Waals surface area contributed by atoms with Crippen molar-refractivity contribution in [3.05, 3.63) is 41.5 Å². The molecule has 31 heavy (non-hydrogen) atoms. The molecule has 1 atom stereocenters. The summed E-state index contributed by atoms with van der Waals surface area (Å²) in [5.41, 5.74) is 0.656. The number of benzene rings is 1. The molecular formula is C24H31N3O4. The number of hydrogen-bond acceptors (Lipinski definition) is 6. The van der Waals surface area contributed by atoms with Gasteiger partial charge >= 0.3 is 0 Å². The summed E-state index contributed by atoms with van der Waals surface area (Å²) in [7, 11) is 1.66. The van der Waals surface area contributed by atoms with E-state index in [4.69, 9.17) is 14.0 Å². The van der Waals surface area contributed by atoms with E-state index in [1.807, 2.05) is 29.2 Å². The monoisotopic (exact) mass is 425 g/mol. The first-order chi connectivity index (χ1) is 15.2. The van der Waals surface area contributed by atoms with Gasteiger partial charge in [-0.2, -0.15) is 4.98 Å². The van der Waals surface area contributed by atoms with Crippen molar-refractivity contribution >= 4 is 5.91 Å². The van der Waals surface area contributed by atoms with E-state index in [9.17, 15) is 4.79 Å². The van der Waals surface area contributed by atoms with E-state index >= 15 is 0 Å². The fourth-order valence-electron chi connectivity index (χ4n) is 4.57. The number of ether oxygens (including phenoxy) is 2. The van der Waals surface area contributed by atoms with Gasteiger partial charge in [0.1, 0.15) is 11.8 Å². The maximum Gasteiger partial charge on any atom is 0.249 e. The minimum absolute atomic E-state index is 0.134. The van der Waals surface area contributed by atoms with Gasteiger partial charge in [-0.3, -0.25) is 4.79 Å². The number of aromatic nitrogens is 2. The van der Waals surface area contributed by atoms with E-state index in [1.54, 1.807) is 7.11 Å². The Balaban J connectivity index is 1.27. The number of rotatable bonds is 9. The summed E-state index contributed by atoms with van der Waals surface area (Å²) >= 11 is 0. The van der Waals surface area contributed by atoms with Gasteiger partial charge in [-0.25, -0.2) is 0 Å². The minimum atomic E-state index is -0.415. The molecule has 2 aromatic rings. The van der Waals surface area contributed by atoms with Crippen LogP contribution in [-0.4, -0.2) is 47.8 Å². The summed E-state index contributed by atoms with van der Waals surface area (Å²) in [5, 5.41) is 4.15. The van der Waals surface area contributed by atoms with E-state index in [-0.39, 0.29) is 11.9 Å². The molecule has 0 bridgehead atoms. The van der Waals surface area contributed by atoms with Gasteiger partial charge < -0.3 is 18.9 Å². The van der Waals surface area contributed by atoms with Crippen molar-refractivity contribution in [1.82, 2.24) is 15.0 Å². The molecule has 3 fully saturated rings. The van der Waals surface area contributed by atoms with Crippen molar-refractivity contribution < 1.29 is 18.8 Å². The standard InChI is InChI=1S/C24H31N3O4/c1-29-19-9-7-18(8-10-19)24(12-13-24)23(28)27-14-3-2-4-20(27)22-25-21(26-31-22)11-15-30-16-17-5-6-17/h7-10,17,20H,2-6,11-16H2,1H3. The molecular weight excluding hydrogens is 394 g/mol. The number of nitrogens with zero attached hydrogens (tertiary/aromatic N) is 3. The van der Waals surface area contributed by atoms with Crippen LogP contribution in [0.25, 0.3) is 0 Å². The highest BCUT2D eigenvalue weighted by molar-refractivity contribution is 5.91. The Morgan fingerprint density at radius 2 is 2.00 bits per heavy atom. The van der Waals surface area contributed by atoms with Crippen LogP contribution in [0.4, 0.5) is 0 Å². The highest BCUT2D eigenvalue weighted by Crippen LogP contribution is 2.51. The SMILES string of the molecule is COc1ccc(C2(C(=O)N3CCCCC3c3nc(CCOCC4CC4)no3)CC2)cc1. The van der Waals surface area contributed by atoms with Crippen LogP contribution in [0.5, 0.6) is 5.75 Å². The third-order valence-electron chi connectivity index (χ3n) is 6.85. The fraction of sp³-hybridized carbons (Fsp3) is 0.625. The summed E-state index contributed by atoms with van der Waals surface area (Å²) in [5.74, 6) is 2.98. The Bertz CT molecular complexity index is 902. The van der Waals surface area contributed by atoms with Gasteiger partial charge in [-0.1, -0.05) is 17.3 Å². The molecule has 0 spiro atoms. The van der Waals surface area contributed by atoms with E-state index in [2.05, 4.69) is 10.1 Å². The zero-order valence-electron chi connectivity index (χ0n) is 18.2. The third-order valence-corrected chi connectivity index (χ3v) is 6.85. The molecule has 1 saturated heterocycles. The van der Waals surface area contributed by atoms with Crippen LogP contribution in [0.15, 0.2) is 28.8 Å². The molecule has 2 aliphatic carbocycles. The molecule has 2 saturated carbocycles. The van der Waals surface area contributed by atoms with Crippen molar-refractivity contribution in [2.24, 2.45) is 5.92 Å². The predicted octanol–water partition coefficient (Wildman–Crippen LogP) is 3.83. The van der Waals surface area contributed by atoms with Crippen molar-refractivity contribution in [2.75, 3.05) is 26.9 Å². The smallest absolute Gasteiger partial charge is 0.249 e. The number of piperidine rings is 1. The molecule has 1 amide bonds. The van der Waals surface area contributed by atoms with E-state index in [1.165, 1.54) is 12.8 Å². The number of amides is 1. The number of carbonyl (C=O) groups excluding carboxylic acids is 1. The van der Waals surface area contributed by atoms with Crippen LogP contribution >= 0.6 is 0 Å². The van der Waals surface area contributed by atoms with Gasteiger partial charge in [0.05, 0.1) is 19.1 Å². The second-order valence-corrected chi connectivity index (χ2v) is 9.14. The van der Waals surface area contributed by atoms with Gasteiger partial charge in [0.15, 0.2) is 5.82 Å². The zero-order valence-corrected chi connectivity index (χ0v) is 18.2. The van der Waals surface area contributed by atoms with Crippen molar-refractivity contribution in [3.63, 3.8) is 0 Å². The molecule has 1 unspecified atom stereocenters. The second-order valence-electron chi connectivity index (χ2n) is 9.14. The average molecular weight is 426 g/mol. The summed E-state index contributed by atoms with van der Waals surface area (Å²) in [6, 6.07) is 7.79. The van der Waals surface area contributed by atoms with E-state index in [0.29, 0.717) is 24.7 Å². The molecule has 166 valence electrons. The second kappa shape index (κ2) is 8.61. The van der Waals surface area contributed by atoms with Crippen LogP contribution in [0, 0.1) is 5.92 Å². The predicted molar refractivity (Wildman–Crippen MR) is 114 cm³/mol. The molecule has 7 nitrogen and oxygen atoms in total. The first-order valence-electron chi connectivity index (χ1n) is 11.6. The van der Waals surface area contributed by atoms with Crippen molar-refractivity contribution in [1.29, 1.82) is 0 Å². The molecule has 7 heteroatoms. The average Bonchev–Trinajstić information content (AvgIpc) is 3.75. The molecule has 1 aliphatic heterocycles. The topological polar surface area (TPSA) is 77.7 Å². The number of hydrogen-bond donors (Lipinski definition) is 0. The summed E-state index contributed by atoms with van der Waals surface area (Å²) in [6.45, 7) is 2.19. The molecule has 0 radical (unpaired) electrons. The summed E-state index contributed by atoms with van der Waals surface area (Å²) in [6.07, 6.45) is 7.93. The van der Waals surface area contributed by atoms with Gasteiger partial charge in [-0.05, 0) is 68.6 Å². The van der Waals surface area contributed by atoms with Gasteiger partial charge in [0.25, 0.3) is 0 Å². The quantitative estimate of drug-likeness (QED) is 0.568. The largest absolute Gasteiger partial charge is 0.497 e. The van der Waals surface area contributed by atoms with Crippen molar-refractivity contribution in [3.8, 4) is 5.75 Å². The maximum absolute atomic E-state index is 13.7. The van der Waals surface area contributed by atoms with Gasteiger partial charge in [0, 0.05) is 19.6 Å². The van der Waals surface area contributed by atoms with Crippen LogP contribution in [0.3, 0.4) is 0 Å². The lowest BCUT2D eigenvalue weighted by molar-refractivity contribution is -0.138. The molecule has 1 aromatic heterocycles. The Labute approximate surface area is 183 Å². The third kappa shape index (κ3) is 4.33. The lowest BCUT2D eigenvalue weighted by atomic mass is 9.91. The number of carbonyl (C=O) groups is 1.